The lowest BCUT2D eigenvalue weighted by Crippen LogP contribution is -2.44. The molecule has 0 aliphatic carbocycles. The van der Waals surface area contributed by atoms with Crippen LogP contribution in [0.3, 0.4) is 0 Å². The maximum atomic E-state index is 12.6. The maximum absolute atomic E-state index is 12.6. The summed E-state index contributed by atoms with van der Waals surface area (Å²) in [7, 11) is -2.99. The third-order valence-electron chi connectivity index (χ3n) is 4.67. The fraction of sp³-hybridized carbons (Fsp3) is 0.684. The predicted octanol–water partition coefficient (Wildman–Crippen LogP) is 5.11. The molecule has 1 aromatic rings. The van der Waals surface area contributed by atoms with Crippen molar-refractivity contribution in [2.24, 2.45) is 0 Å². The van der Waals surface area contributed by atoms with Crippen LogP contribution in [0.4, 0.5) is 0 Å². The SMILES string of the molecule is Cc1cccc([C@H](CO[Si](C)(C)C(C)(C)C)N[S@](=O)C(C)(C)C)c1. The van der Waals surface area contributed by atoms with Crippen LogP contribution in [0.15, 0.2) is 24.3 Å². The fourth-order valence-corrected chi connectivity index (χ4v) is 3.73. The van der Waals surface area contributed by atoms with Crippen LogP contribution in [-0.2, 0) is 15.4 Å². The molecule has 0 aromatic heterocycles. The van der Waals surface area contributed by atoms with Crippen molar-refractivity contribution >= 4 is 19.3 Å². The molecule has 2 atom stereocenters. The zero-order valence-corrected chi connectivity index (χ0v) is 18.6. The Morgan fingerprint density at radius 3 is 2.21 bits per heavy atom. The van der Waals surface area contributed by atoms with E-state index in [0.29, 0.717) is 6.61 Å². The minimum atomic E-state index is -1.85. The summed E-state index contributed by atoms with van der Waals surface area (Å²) >= 11 is 0. The quantitative estimate of drug-likeness (QED) is 0.708. The number of hydrogen-bond acceptors (Lipinski definition) is 2. The molecular formula is C19H35NO2SSi. The average Bonchev–Trinajstić information content (AvgIpc) is 2.40. The van der Waals surface area contributed by atoms with Gasteiger partial charge in [0.05, 0.1) is 28.4 Å². The van der Waals surface area contributed by atoms with Gasteiger partial charge in [-0.3, -0.25) is 0 Å². The highest BCUT2D eigenvalue weighted by atomic mass is 32.2. The van der Waals surface area contributed by atoms with Crippen molar-refractivity contribution in [3.8, 4) is 0 Å². The second-order valence-corrected chi connectivity index (χ2v) is 15.8. The van der Waals surface area contributed by atoms with Gasteiger partial charge >= 0.3 is 0 Å². The van der Waals surface area contributed by atoms with Crippen molar-refractivity contribution in [3.63, 3.8) is 0 Å². The van der Waals surface area contributed by atoms with Crippen LogP contribution in [0.2, 0.25) is 18.1 Å². The van der Waals surface area contributed by atoms with Gasteiger partial charge in [0, 0.05) is 0 Å². The van der Waals surface area contributed by atoms with Gasteiger partial charge in [-0.05, 0) is 51.4 Å². The van der Waals surface area contributed by atoms with Gasteiger partial charge in [-0.25, -0.2) is 8.93 Å². The lowest BCUT2D eigenvalue weighted by molar-refractivity contribution is 0.257. The molecule has 0 unspecified atom stereocenters. The van der Waals surface area contributed by atoms with Gasteiger partial charge < -0.3 is 4.43 Å². The second kappa shape index (κ2) is 7.81. The molecule has 0 radical (unpaired) electrons. The van der Waals surface area contributed by atoms with Crippen molar-refractivity contribution in [2.45, 2.75) is 77.4 Å². The van der Waals surface area contributed by atoms with Crippen LogP contribution in [0.5, 0.6) is 0 Å². The van der Waals surface area contributed by atoms with E-state index in [1.54, 1.807) is 0 Å². The molecule has 1 rings (SSSR count). The predicted molar refractivity (Wildman–Crippen MR) is 108 cm³/mol. The van der Waals surface area contributed by atoms with E-state index in [0.717, 1.165) is 5.56 Å². The van der Waals surface area contributed by atoms with E-state index in [2.05, 4.69) is 63.7 Å². The Morgan fingerprint density at radius 1 is 1.17 bits per heavy atom. The molecule has 0 bridgehead atoms. The van der Waals surface area contributed by atoms with E-state index in [1.165, 1.54) is 5.56 Å². The zero-order valence-electron chi connectivity index (χ0n) is 16.8. The average molecular weight is 370 g/mol. The lowest BCUT2D eigenvalue weighted by Gasteiger charge is -2.37. The molecule has 3 nitrogen and oxygen atoms in total. The van der Waals surface area contributed by atoms with Gasteiger partial charge in [-0.1, -0.05) is 50.6 Å². The largest absolute Gasteiger partial charge is 0.415 e. The summed E-state index contributed by atoms with van der Waals surface area (Å²) in [5, 5.41) is 0.160. The molecule has 0 aliphatic rings. The van der Waals surface area contributed by atoms with E-state index >= 15 is 0 Å². The third kappa shape index (κ3) is 6.10. The summed E-state index contributed by atoms with van der Waals surface area (Å²) in [4.78, 5) is 0. The molecule has 1 aromatic carbocycles. The highest BCUT2D eigenvalue weighted by Gasteiger charge is 2.38. The van der Waals surface area contributed by atoms with Crippen LogP contribution in [0.25, 0.3) is 0 Å². The number of hydrogen-bond donors (Lipinski definition) is 1. The third-order valence-corrected chi connectivity index (χ3v) is 10.8. The van der Waals surface area contributed by atoms with Crippen molar-refractivity contribution in [2.75, 3.05) is 6.61 Å². The molecule has 138 valence electrons. The van der Waals surface area contributed by atoms with E-state index in [-0.39, 0.29) is 15.8 Å². The molecule has 5 heteroatoms. The van der Waals surface area contributed by atoms with E-state index in [1.807, 2.05) is 26.8 Å². The second-order valence-electron chi connectivity index (χ2n) is 9.04. The molecule has 0 spiro atoms. The number of aryl methyl sites for hydroxylation is 1. The number of benzene rings is 1. The zero-order chi connectivity index (χ0) is 18.8. The first kappa shape index (κ1) is 21.5. The van der Waals surface area contributed by atoms with Crippen molar-refractivity contribution in [3.05, 3.63) is 35.4 Å². The lowest BCUT2D eigenvalue weighted by atomic mass is 10.1. The summed E-state index contributed by atoms with van der Waals surface area (Å²) in [6.07, 6.45) is 0. The molecule has 1 N–H and O–H groups in total. The van der Waals surface area contributed by atoms with Gasteiger partial charge in [-0.2, -0.15) is 0 Å². The molecule has 0 fully saturated rings. The van der Waals surface area contributed by atoms with Gasteiger partial charge in [0.25, 0.3) is 0 Å². The first-order chi connectivity index (χ1) is 10.7. The smallest absolute Gasteiger partial charge is 0.192 e. The summed E-state index contributed by atoms with van der Waals surface area (Å²) in [5.41, 5.74) is 2.33. The van der Waals surface area contributed by atoms with Gasteiger partial charge in [0.2, 0.25) is 0 Å². The molecular weight excluding hydrogens is 334 g/mol. The standard InChI is InChI=1S/C19H35NO2SSi/c1-15-11-10-12-16(13-15)17(20-23(21)18(2,3)4)14-22-24(8,9)19(5,6)7/h10-13,17,20H,14H2,1-9H3/t17-,23+/m0/s1. The van der Waals surface area contributed by atoms with Crippen LogP contribution >= 0.6 is 0 Å². The highest BCUT2D eigenvalue weighted by molar-refractivity contribution is 7.84. The summed E-state index contributed by atoms with van der Waals surface area (Å²) < 4.78 is 22.0. The van der Waals surface area contributed by atoms with Crippen LogP contribution in [-0.4, -0.2) is 23.9 Å². The van der Waals surface area contributed by atoms with E-state index in [9.17, 15) is 4.21 Å². The Bertz CT molecular complexity index is 573. The van der Waals surface area contributed by atoms with Crippen molar-refractivity contribution in [1.29, 1.82) is 0 Å². The number of rotatable bonds is 6. The Balaban J connectivity index is 3.00. The molecule has 24 heavy (non-hydrogen) atoms. The first-order valence-electron chi connectivity index (χ1n) is 8.62. The molecule has 0 aliphatic heterocycles. The number of nitrogens with one attached hydrogen (secondary N) is 1. The summed E-state index contributed by atoms with van der Waals surface area (Å²) in [6.45, 7) is 19.8. The molecule has 0 saturated carbocycles. The molecule has 0 amide bonds. The van der Waals surface area contributed by atoms with Crippen LogP contribution in [0.1, 0.15) is 58.7 Å². The topological polar surface area (TPSA) is 38.3 Å². The van der Waals surface area contributed by atoms with Crippen molar-refractivity contribution in [1.82, 2.24) is 4.72 Å². The maximum Gasteiger partial charge on any atom is 0.192 e. The van der Waals surface area contributed by atoms with E-state index in [4.69, 9.17) is 4.43 Å². The van der Waals surface area contributed by atoms with Crippen LogP contribution < -0.4 is 4.72 Å². The van der Waals surface area contributed by atoms with Gasteiger partial charge in [0.15, 0.2) is 8.32 Å². The Kier molecular flexibility index (Phi) is 7.01. The molecule has 0 heterocycles. The summed E-state index contributed by atoms with van der Waals surface area (Å²) in [5.74, 6) is 0. The normalized spacial score (nSPS) is 16.0. The van der Waals surface area contributed by atoms with Gasteiger partial charge in [-0.15, -0.1) is 0 Å². The molecule has 0 saturated heterocycles. The minimum Gasteiger partial charge on any atom is -0.415 e. The van der Waals surface area contributed by atoms with Crippen molar-refractivity contribution < 1.29 is 8.63 Å². The minimum absolute atomic E-state index is 0.0703. The summed E-state index contributed by atoms with van der Waals surface area (Å²) in [6, 6.07) is 8.28. The van der Waals surface area contributed by atoms with E-state index < -0.39 is 19.3 Å². The Labute approximate surface area is 152 Å². The monoisotopic (exact) mass is 369 g/mol. The van der Waals surface area contributed by atoms with Gasteiger partial charge in [0.1, 0.15) is 0 Å². The first-order valence-corrected chi connectivity index (χ1v) is 12.7. The fourth-order valence-electron chi connectivity index (χ4n) is 1.90. The Hall–Kier alpha value is -0.493. The van der Waals surface area contributed by atoms with Crippen LogP contribution in [0, 0.1) is 6.92 Å². The Morgan fingerprint density at radius 2 is 1.75 bits per heavy atom. The highest BCUT2D eigenvalue weighted by Crippen LogP contribution is 2.37.